The van der Waals surface area contributed by atoms with Gasteiger partial charge in [0.2, 0.25) is 0 Å². The summed E-state index contributed by atoms with van der Waals surface area (Å²) >= 11 is 1.51. The third-order valence-corrected chi connectivity index (χ3v) is 2.83. The molecule has 16 heavy (non-hydrogen) atoms. The number of carbonyl (C=O) groups is 1. The number of hydrogen-bond acceptors (Lipinski definition) is 4. The number of aryl methyl sites for hydroxylation is 1. The maximum atomic E-state index is 11.2. The molecule has 0 saturated carbocycles. The lowest BCUT2D eigenvalue weighted by Crippen LogP contribution is -2.13. The van der Waals surface area contributed by atoms with Crippen LogP contribution in [0.3, 0.4) is 0 Å². The van der Waals surface area contributed by atoms with Gasteiger partial charge in [-0.1, -0.05) is 0 Å². The molecular weight excluding hydrogens is 228 g/mol. The van der Waals surface area contributed by atoms with Gasteiger partial charge in [-0.15, -0.1) is 11.3 Å². The molecule has 0 spiro atoms. The highest BCUT2D eigenvalue weighted by Gasteiger charge is 2.10. The van der Waals surface area contributed by atoms with Crippen molar-refractivity contribution in [1.82, 2.24) is 9.97 Å². The van der Waals surface area contributed by atoms with Gasteiger partial charge in [-0.2, -0.15) is 0 Å². The number of carboxylic acid groups (broad SMARTS) is 1. The van der Waals surface area contributed by atoms with Gasteiger partial charge in [-0.3, -0.25) is 4.79 Å². The molecule has 5 nitrogen and oxygen atoms in total. The first-order valence-electron chi connectivity index (χ1n) is 4.46. The number of carboxylic acids is 1. The van der Waals surface area contributed by atoms with E-state index in [2.05, 4.69) is 9.97 Å². The van der Waals surface area contributed by atoms with Crippen LogP contribution in [-0.2, 0) is 0 Å². The molecule has 0 unspecified atom stereocenters. The summed E-state index contributed by atoms with van der Waals surface area (Å²) in [5.41, 5.74) is 0.0107. The summed E-state index contributed by atoms with van der Waals surface area (Å²) in [6, 6.07) is 2.81. The average molecular weight is 236 g/mol. The van der Waals surface area contributed by atoms with Crippen LogP contribution in [-0.4, -0.2) is 21.0 Å². The Bertz CT molecular complexity index is 600. The van der Waals surface area contributed by atoms with Gasteiger partial charge in [0, 0.05) is 21.9 Å². The maximum absolute atomic E-state index is 11.2. The Morgan fingerprint density at radius 1 is 1.50 bits per heavy atom. The van der Waals surface area contributed by atoms with Crippen LogP contribution in [0, 0.1) is 6.92 Å². The molecule has 0 aromatic carbocycles. The van der Waals surface area contributed by atoms with Gasteiger partial charge in [0.25, 0.3) is 5.56 Å². The Labute approximate surface area is 94.4 Å². The molecule has 2 N–H and O–H groups in total. The first-order chi connectivity index (χ1) is 7.56. The van der Waals surface area contributed by atoms with E-state index in [-0.39, 0.29) is 11.5 Å². The molecule has 0 aliphatic carbocycles. The SMILES string of the molecule is Cc1cc(-c2nc(C(=O)O)cc(=O)[nH]2)cs1. The summed E-state index contributed by atoms with van der Waals surface area (Å²) in [6.07, 6.45) is 0. The van der Waals surface area contributed by atoms with Crippen molar-refractivity contribution in [2.45, 2.75) is 6.92 Å². The molecule has 2 aromatic heterocycles. The van der Waals surface area contributed by atoms with Gasteiger partial charge < -0.3 is 10.1 Å². The lowest BCUT2D eigenvalue weighted by molar-refractivity contribution is 0.0690. The molecule has 0 bridgehead atoms. The smallest absolute Gasteiger partial charge is 0.354 e. The van der Waals surface area contributed by atoms with Gasteiger partial charge in [0.05, 0.1) is 0 Å². The lowest BCUT2D eigenvalue weighted by Gasteiger charge is -1.98. The second-order valence-electron chi connectivity index (χ2n) is 3.23. The van der Waals surface area contributed by atoms with Crippen molar-refractivity contribution in [3.63, 3.8) is 0 Å². The summed E-state index contributed by atoms with van der Waals surface area (Å²) < 4.78 is 0. The predicted octanol–water partition coefficient (Wildman–Crippen LogP) is 1.51. The van der Waals surface area contributed by atoms with E-state index in [1.54, 1.807) is 0 Å². The molecule has 0 saturated heterocycles. The summed E-state index contributed by atoms with van der Waals surface area (Å²) in [5.74, 6) is -0.923. The van der Waals surface area contributed by atoms with Gasteiger partial charge in [0.15, 0.2) is 5.69 Å². The molecule has 0 fully saturated rings. The van der Waals surface area contributed by atoms with Gasteiger partial charge in [-0.25, -0.2) is 9.78 Å². The number of aromatic nitrogens is 2. The van der Waals surface area contributed by atoms with Crippen LogP contribution >= 0.6 is 11.3 Å². The maximum Gasteiger partial charge on any atom is 0.354 e. The fourth-order valence-corrected chi connectivity index (χ4v) is 1.96. The minimum atomic E-state index is -1.21. The van der Waals surface area contributed by atoms with E-state index in [0.29, 0.717) is 0 Å². The Balaban J connectivity index is 2.57. The van der Waals surface area contributed by atoms with Crippen LogP contribution in [0.2, 0.25) is 0 Å². The summed E-state index contributed by atoms with van der Waals surface area (Å²) in [4.78, 5) is 29.4. The number of nitrogens with one attached hydrogen (secondary N) is 1. The number of nitrogens with zero attached hydrogens (tertiary/aromatic N) is 1. The van der Waals surface area contributed by atoms with Crippen molar-refractivity contribution in [2.24, 2.45) is 0 Å². The molecule has 0 amide bonds. The zero-order valence-corrected chi connectivity index (χ0v) is 9.17. The molecule has 0 aliphatic rings. The van der Waals surface area contributed by atoms with Gasteiger partial charge in [-0.05, 0) is 13.0 Å². The zero-order valence-electron chi connectivity index (χ0n) is 8.35. The van der Waals surface area contributed by atoms with Crippen molar-refractivity contribution < 1.29 is 9.90 Å². The summed E-state index contributed by atoms with van der Waals surface area (Å²) in [7, 11) is 0. The van der Waals surface area contributed by atoms with E-state index in [0.717, 1.165) is 16.5 Å². The number of H-pyrrole nitrogens is 1. The number of thiophene rings is 1. The second kappa shape index (κ2) is 3.90. The van der Waals surface area contributed by atoms with Crippen LogP contribution in [0.15, 0.2) is 22.3 Å². The Morgan fingerprint density at radius 2 is 2.25 bits per heavy atom. The standard InChI is InChI=1S/C10H8N2O3S/c1-5-2-6(4-16-5)9-11-7(10(14)15)3-8(13)12-9/h2-4H,1H3,(H,14,15)(H,11,12,13). The predicted molar refractivity (Wildman–Crippen MR) is 59.9 cm³/mol. The highest BCUT2D eigenvalue weighted by Crippen LogP contribution is 2.21. The number of aromatic carboxylic acids is 1. The third kappa shape index (κ3) is 2.01. The first kappa shape index (κ1) is 10.6. The largest absolute Gasteiger partial charge is 0.477 e. The van der Waals surface area contributed by atoms with Crippen LogP contribution in [0.4, 0.5) is 0 Å². The fourth-order valence-electron chi connectivity index (χ4n) is 1.27. The minimum Gasteiger partial charge on any atom is -0.477 e. The first-order valence-corrected chi connectivity index (χ1v) is 5.34. The molecule has 0 radical (unpaired) electrons. The van der Waals surface area contributed by atoms with E-state index in [9.17, 15) is 9.59 Å². The molecule has 0 aliphatic heterocycles. The number of aromatic amines is 1. The minimum absolute atomic E-state index is 0.248. The highest BCUT2D eigenvalue weighted by molar-refractivity contribution is 7.10. The van der Waals surface area contributed by atoms with Crippen molar-refractivity contribution >= 4 is 17.3 Å². The van der Waals surface area contributed by atoms with E-state index < -0.39 is 11.5 Å². The van der Waals surface area contributed by atoms with Crippen LogP contribution in [0.5, 0.6) is 0 Å². The van der Waals surface area contributed by atoms with Crippen molar-refractivity contribution in [3.05, 3.63) is 38.4 Å². The Hall–Kier alpha value is -1.95. The van der Waals surface area contributed by atoms with Crippen molar-refractivity contribution in [2.75, 3.05) is 0 Å². The van der Waals surface area contributed by atoms with Crippen LogP contribution in [0.25, 0.3) is 11.4 Å². The highest BCUT2D eigenvalue weighted by atomic mass is 32.1. The molecule has 2 aromatic rings. The number of rotatable bonds is 2. The quantitative estimate of drug-likeness (QED) is 0.827. The van der Waals surface area contributed by atoms with Gasteiger partial charge in [0.1, 0.15) is 5.82 Å². The molecule has 0 atom stereocenters. The molecule has 6 heteroatoms. The Morgan fingerprint density at radius 3 is 2.81 bits per heavy atom. The van der Waals surface area contributed by atoms with E-state index in [4.69, 9.17) is 5.11 Å². The number of hydrogen-bond donors (Lipinski definition) is 2. The summed E-state index contributed by atoms with van der Waals surface area (Å²) in [6.45, 7) is 1.92. The molecule has 82 valence electrons. The van der Waals surface area contributed by atoms with E-state index in [1.165, 1.54) is 11.3 Å². The van der Waals surface area contributed by atoms with E-state index in [1.807, 2.05) is 18.4 Å². The topological polar surface area (TPSA) is 83.0 Å². The second-order valence-corrected chi connectivity index (χ2v) is 4.35. The monoisotopic (exact) mass is 236 g/mol. The summed E-state index contributed by atoms with van der Waals surface area (Å²) in [5, 5.41) is 10.6. The fraction of sp³-hybridized carbons (Fsp3) is 0.100. The normalized spacial score (nSPS) is 10.3. The average Bonchev–Trinajstić information content (AvgIpc) is 2.64. The third-order valence-electron chi connectivity index (χ3n) is 1.96. The van der Waals surface area contributed by atoms with Crippen LogP contribution in [0.1, 0.15) is 15.4 Å². The van der Waals surface area contributed by atoms with Crippen molar-refractivity contribution in [3.8, 4) is 11.4 Å². The van der Waals surface area contributed by atoms with E-state index >= 15 is 0 Å². The van der Waals surface area contributed by atoms with Crippen LogP contribution < -0.4 is 5.56 Å². The molecule has 2 rings (SSSR count). The Kier molecular flexibility index (Phi) is 2.57. The molecule has 2 heterocycles. The zero-order chi connectivity index (χ0) is 11.7. The lowest BCUT2D eigenvalue weighted by atomic mass is 10.3. The van der Waals surface area contributed by atoms with Gasteiger partial charge >= 0.3 is 5.97 Å². The van der Waals surface area contributed by atoms with Crippen molar-refractivity contribution in [1.29, 1.82) is 0 Å². The molecular formula is C10H8N2O3S.